The van der Waals surface area contributed by atoms with E-state index in [4.69, 9.17) is 0 Å². The molecular weight excluding hydrogens is 266 g/mol. The molecule has 0 saturated carbocycles. The lowest BCUT2D eigenvalue weighted by Gasteiger charge is -2.26. The van der Waals surface area contributed by atoms with Crippen LogP contribution in [-0.2, 0) is 13.5 Å². The number of nitrogens with one attached hydrogen (secondary N) is 2. The Morgan fingerprint density at radius 1 is 1.29 bits per heavy atom. The number of fused-ring (bicyclic) bond motifs is 1. The Labute approximate surface area is 123 Å². The third-order valence-corrected chi connectivity index (χ3v) is 3.94. The van der Waals surface area contributed by atoms with Crippen LogP contribution in [0.2, 0.25) is 0 Å². The number of aryl methyl sites for hydroxylation is 1. The number of phenols is 2. The molecule has 1 aliphatic heterocycles. The number of phenolic OH excluding ortho intramolecular Hbond substituents is 2. The molecule has 0 saturated heterocycles. The molecule has 4 N–H and O–H groups in total. The van der Waals surface area contributed by atoms with E-state index in [2.05, 4.69) is 10.6 Å². The molecule has 0 radical (unpaired) electrons. The summed E-state index contributed by atoms with van der Waals surface area (Å²) in [6, 6.07) is 9.45. The average Bonchev–Trinajstić information content (AvgIpc) is 2.48. The van der Waals surface area contributed by atoms with Crippen molar-refractivity contribution in [3.63, 3.8) is 0 Å². The van der Waals surface area contributed by atoms with E-state index >= 15 is 0 Å². The molecule has 0 bridgehead atoms. The number of hydrogen-bond acceptors (Lipinski definition) is 4. The third kappa shape index (κ3) is 2.78. The Morgan fingerprint density at radius 3 is 2.90 bits per heavy atom. The van der Waals surface area contributed by atoms with Crippen LogP contribution in [0.5, 0.6) is 11.5 Å². The molecule has 110 valence electrons. The molecule has 0 aliphatic carbocycles. The summed E-state index contributed by atoms with van der Waals surface area (Å²) in [5.74, 6) is 0.930. The molecule has 1 unspecified atom stereocenters. The summed E-state index contributed by atoms with van der Waals surface area (Å²) >= 11 is 0. The van der Waals surface area contributed by atoms with Crippen LogP contribution < -0.4 is 15.2 Å². The smallest absolute Gasteiger partial charge is 0.274 e. The molecule has 5 nitrogen and oxygen atoms in total. The first kappa shape index (κ1) is 13.7. The van der Waals surface area contributed by atoms with Gasteiger partial charge in [-0.2, -0.15) is 0 Å². The number of benzene rings is 1. The molecule has 21 heavy (non-hydrogen) atoms. The van der Waals surface area contributed by atoms with Gasteiger partial charge in [-0.1, -0.05) is 6.07 Å². The minimum Gasteiger partial charge on any atom is -0.504 e. The number of pyridine rings is 1. The summed E-state index contributed by atoms with van der Waals surface area (Å²) in [7, 11) is 1.99. The van der Waals surface area contributed by atoms with Crippen molar-refractivity contribution in [3.05, 3.63) is 47.7 Å². The quantitative estimate of drug-likeness (QED) is 0.506. The fourth-order valence-corrected chi connectivity index (χ4v) is 2.76. The van der Waals surface area contributed by atoms with Crippen LogP contribution >= 0.6 is 0 Å². The molecule has 1 aromatic carbocycles. The zero-order chi connectivity index (χ0) is 14.8. The van der Waals surface area contributed by atoms with Crippen molar-refractivity contribution in [1.29, 1.82) is 0 Å². The number of rotatable bonds is 3. The van der Waals surface area contributed by atoms with Gasteiger partial charge >= 0.3 is 0 Å². The Morgan fingerprint density at radius 2 is 2.10 bits per heavy atom. The van der Waals surface area contributed by atoms with E-state index < -0.39 is 0 Å². The van der Waals surface area contributed by atoms with Crippen LogP contribution in [-0.4, -0.2) is 23.3 Å². The maximum atomic E-state index is 9.72. The Hall–Kier alpha value is -2.27. The van der Waals surface area contributed by atoms with Crippen molar-refractivity contribution in [2.75, 3.05) is 18.4 Å². The van der Waals surface area contributed by atoms with Crippen LogP contribution in [0.15, 0.2) is 36.5 Å². The van der Waals surface area contributed by atoms with Crippen molar-refractivity contribution >= 4 is 5.82 Å². The molecular formula is C16H20N3O2+. The van der Waals surface area contributed by atoms with Gasteiger partial charge in [0.1, 0.15) is 6.54 Å². The number of aromatic nitrogens is 1. The first-order valence-electron chi connectivity index (χ1n) is 7.12. The van der Waals surface area contributed by atoms with Crippen molar-refractivity contribution < 1.29 is 14.8 Å². The fraction of sp³-hybridized carbons (Fsp3) is 0.312. The largest absolute Gasteiger partial charge is 0.504 e. The molecule has 0 fully saturated rings. The summed E-state index contributed by atoms with van der Waals surface area (Å²) in [6.45, 7) is 1.58. The summed E-state index contributed by atoms with van der Waals surface area (Å²) in [6.07, 6.45) is 2.85. The minimum absolute atomic E-state index is 0.0446. The highest BCUT2D eigenvalue weighted by molar-refractivity contribution is 5.48. The van der Waals surface area contributed by atoms with Gasteiger partial charge in [-0.15, -0.1) is 0 Å². The number of nitrogens with zero attached hydrogens (tertiary/aromatic N) is 1. The van der Waals surface area contributed by atoms with Crippen molar-refractivity contribution in [1.82, 2.24) is 5.32 Å². The first-order valence-corrected chi connectivity index (χ1v) is 7.12. The summed E-state index contributed by atoms with van der Waals surface area (Å²) < 4.78 is 2.03. The second kappa shape index (κ2) is 5.61. The monoisotopic (exact) mass is 286 g/mol. The third-order valence-electron chi connectivity index (χ3n) is 3.94. The number of anilines is 1. The maximum absolute atomic E-state index is 9.72. The molecule has 3 rings (SSSR count). The van der Waals surface area contributed by atoms with Crippen LogP contribution in [0.3, 0.4) is 0 Å². The SMILES string of the molecule is C[n+]1ccccc1NCC1NCCc2cc(O)c(O)cc21. The second-order valence-electron chi connectivity index (χ2n) is 5.37. The van der Waals surface area contributed by atoms with E-state index in [-0.39, 0.29) is 17.5 Å². The lowest BCUT2D eigenvalue weighted by Crippen LogP contribution is -2.37. The molecule has 0 amide bonds. The van der Waals surface area contributed by atoms with Gasteiger partial charge in [-0.05, 0) is 42.3 Å². The van der Waals surface area contributed by atoms with Crippen LogP contribution in [0.4, 0.5) is 5.82 Å². The number of aromatic hydroxyl groups is 2. The molecule has 5 heteroatoms. The summed E-state index contributed by atoms with van der Waals surface area (Å²) in [5.41, 5.74) is 2.14. The molecule has 1 aromatic heterocycles. The minimum atomic E-state index is -0.0623. The highest BCUT2D eigenvalue weighted by atomic mass is 16.3. The zero-order valence-corrected chi connectivity index (χ0v) is 12.0. The Balaban J connectivity index is 1.79. The Bertz CT molecular complexity index is 658. The first-order chi connectivity index (χ1) is 10.1. The predicted octanol–water partition coefficient (Wildman–Crippen LogP) is 1.22. The molecule has 1 atom stereocenters. The van der Waals surface area contributed by atoms with Crippen LogP contribution in [0, 0.1) is 0 Å². The topological polar surface area (TPSA) is 68.4 Å². The molecule has 2 heterocycles. The molecule has 1 aliphatic rings. The van der Waals surface area contributed by atoms with Crippen molar-refractivity contribution in [3.8, 4) is 11.5 Å². The van der Waals surface area contributed by atoms with E-state index in [9.17, 15) is 10.2 Å². The van der Waals surface area contributed by atoms with Crippen molar-refractivity contribution in [2.45, 2.75) is 12.5 Å². The standard InChI is InChI=1S/C16H19N3O2/c1-19-7-3-2-4-16(19)18-10-13-12-9-15(21)14(20)8-11(12)5-6-17-13/h2-4,7-9,13,17,20-21H,5-6,10H2,1H3/p+1. The highest BCUT2D eigenvalue weighted by Crippen LogP contribution is 2.33. The highest BCUT2D eigenvalue weighted by Gasteiger charge is 2.23. The second-order valence-corrected chi connectivity index (χ2v) is 5.37. The normalized spacial score (nSPS) is 17.3. The zero-order valence-electron chi connectivity index (χ0n) is 12.0. The lowest BCUT2D eigenvalue weighted by molar-refractivity contribution is -0.657. The molecule has 0 spiro atoms. The summed E-state index contributed by atoms with van der Waals surface area (Å²) in [4.78, 5) is 0. The van der Waals surface area contributed by atoms with Gasteiger partial charge in [0.15, 0.2) is 11.5 Å². The van der Waals surface area contributed by atoms with Crippen LogP contribution in [0.1, 0.15) is 17.2 Å². The average molecular weight is 286 g/mol. The van der Waals surface area contributed by atoms with Crippen molar-refractivity contribution in [2.24, 2.45) is 7.05 Å². The van der Waals surface area contributed by atoms with Gasteiger partial charge in [0.05, 0.1) is 19.3 Å². The van der Waals surface area contributed by atoms with E-state index in [1.165, 1.54) is 0 Å². The number of hydrogen-bond donors (Lipinski definition) is 4. The van der Waals surface area contributed by atoms with Gasteiger partial charge in [-0.3, -0.25) is 5.32 Å². The molecule has 2 aromatic rings. The van der Waals surface area contributed by atoms with Gasteiger partial charge in [-0.25, -0.2) is 4.57 Å². The van der Waals surface area contributed by atoms with Gasteiger partial charge in [0, 0.05) is 6.07 Å². The van der Waals surface area contributed by atoms with Gasteiger partial charge < -0.3 is 15.5 Å². The Kier molecular flexibility index (Phi) is 3.66. The van der Waals surface area contributed by atoms with Gasteiger partial charge in [0.25, 0.3) is 5.82 Å². The lowest BCUT2D eigenvalue weighted by atomic mass is 9.93. The summed E-state index contributed by atoms with van der Waals surface area (Å²) in [5, 5.41) is 26.2. The maximum Gasteiger partial charge on any atom is 0.274 e. The van der Waals surface area contributed by atoms with E-state index in [1.807, 2.05) is 36.0 Å². The van der Waals surface area contributed by atoms with E-state index in [0.29, 0.717) is 0 Å². The van der Waals surface area contributed by atoms with Crippen LogP contribution in [0.25, 0.3) is 0 Å². The predicted molar refractivity (Wildman–Crippen MR) is 80.3 cm³/mol. The van der Waals surface area contributed by atoms with E-state index in [0.717, 1.165) is 36.5 Å². The van der Waals surface area contributed by atoms with E-state index in [1.54, 1.807) is 12.1 Å². The fourth-order valence-electron chi connectivity index (χ4n) is 2.76. The van der Waals surface area contributed by atoms with Gasteiger partial charge in [0.2, 0.25) is 0 Å².